The van der Waals surface area contributed by atoms with Crippen LogP contribution in [0.4, 0.5) is 0 Å². The van der Waals surface area contributed by atoms with Crippen LogP contribution in [0.5, 0.6) is 0 Å². The molecule has 1 atom stereocenters. The fraction of sp³-hybridized carbons (Fsp3) is 0.500. The first-order valence-corrected chi connectivity index (χ1v) is 7.44. The van der Waals surface area contributed by atoms with Gasteiger partial charge in [-0.05, 0) is 24.8 Å². The number of amides is 2. The topological polar surface area (TPSA) is 69.6 Å². The van der Waals surface area contributed by atoms with Crippen LogP contribution in [0.3, 0.4) is 0 Å². The van der Waals surface area contributed by atoms with Gasteiger partial charge in [-0.3, -0.25) is 9.59 Å². The number of hydrogen-bond acceptors (Lipinski definition) is 3. The lowest BCUT2D eigenvalue weighted by Gasteiger charge is -2.26. The molecule has 0 spiro atoms. The molecule has 1 fully saturated rings. The summed E-state index contributed by atoms with van der Waals surface area (Å²) in [5, 5.41) is 12.5. The monoisotopic (exact) mass is 290 g/mol. The molecule has 2 N–H and O–H groups in total. The average molecular weight is 290 g/mol. The van der Waals surface area contributed by atoms with Gasteiger partial charge in [0.15, 0.2) is 0 Å². The highest BCUT2D eigenvalue weighted by atomic mass is 16.3. The summed E-state index contributed by atoms with van der Waals surface area (Å²) in [7, 11) is 0. The maximum Gasteiger partial charge on any atom is 0.241 e. The Morgan fingerprint density at radius 2 is 1.81 bits per heavy atom. The summed E-state index contributed by atoms with van der Waals surface area (Å²) >= 11 is 0. The van der Waals surface area contributed by atoms with Crippen molar-refractivity contribution in [1.82, 2.24) is 10.2 Å². The highest BCUT2D eigenvalue weighted by Gasteiger charge is 2.18. The Morgan fingerprint density at radius 3 is 2.48 bits per heavy atom. The van der Waals surface area contributed by atoms with Crippen molar-refractivity contribution in [3.8, 4) is 0 Å². The van der Waals surface area contributed by atoms with E-state index in [4.69, 9.17) is 0 Å². The Labute approximate surface area is 125 Å². The summed E-state index contributed by atoms with van der Waals surface area (Å²) in [5.41, 5.74) is 0.704. The number of nitrogens with one attached hydrogen (secondary N) is 1. The lowest BCUT2D eigenvalue weighted by Crippen LogP contribution is -2.42. The molecule has 1 aliphatic heterocycles. The number of nitrogens with zero attached hydrogens (tertiary/aromatic N) is 1. The van der Waals surface area contributed by atoms with Gasteiger partial charge in [0, 0.05) is 13.1 Å². The lowest BCUT2D eigenvalue weighted by molar-refractivity contribution is -0.134. The summed E-state index contributed by atoms with van der Waals surface area (Å²) in [4.78, 5) is 25.5. The van der Waals surface area contributed by atoms with Gasteiger partial charge >= 0.3 is 0 Å². The van der Waals surface area contributed by atoms with Gasteiger partial charge in [0.05, 0.1) is 19.1 Å². The van der Waals surface area contributed by atoms with Gasteiger partial charge in [0.1, 0.15) is 0 Å². The SMILES string of the molecule is O=C(CC(O)c1ccccc1)NCC(=O)N1CCCCC1. The summed E-state index contributed by atoms with van der Waals surface area (Å²) in [5.74, 6) is -0.353. The first-order valence-electron chi connectivity index (χ1n) is 7.44. The molecule has 114 valence electrons. The van der Waals surface area contributed by atoms with Gasteiger partial charge in [-0.2, -0.15) is 0 Å². The highest BCUT2D eigenvalue weighted by Crippen LogP contribution is 2.15. The molecule has 2 amide bonds. The Morgan fingerprint density at radius 1 is 1.14 bits per heavy atom. The Kier molecular flexibility index (Phi) is 5.75. The van der Waals surface area contributed by atoms with E-state index in [2.05, 4.69) is 5.32 Å². The number of carbonyl (C=O) groups excluding carboxylic acids is 2. The fourth-order valence-electron chi connectivity index (χ4n) is 2.47. The van der Waals surface area contributed by atoms with Gasteiger partial charge in [-0.15, -0.1) is 0 Å². The second-order valence-electron chi connectivity index (χ2n) is 5.35. The standard InChI is InChI=1S/C16H22N2O3/c19-14(13-7-3-1-4-8-13)11-15(20)17-12-16(21)18-9-5-2-6-10-18/h1,3-4,7-8,14,19H,2,5-6,9-12H2,(H,17,20). The van der Waals surface area contributed by atoms with Crippen molar-refractivity contribution in [3.63, 3.8) is 0 Å². The van der Waals surface area contributed by atoms with Crippen molar-refractivity contribution in [2.75, 3.05) is 19.6 Å². The van der Waals surface area contributed by atoms with E-state index >= 15 is 0 Å². The predicted molar refractivity (Wildman–Crippen MR) is 79.5 cm³/mol. The number of benzene rings is 1. The summed E-state index contributed by atoms with van der Waals surface area (Å²) in [6.07, 6.45) is 2.37. The summed E-state index contributed by atoms with van der Waals surface area (Å²) in [6, 6.07) is 9.04. The van der Waals surface area contributed by atoms with Crippen LogP contribution in [0.15, 0.2) is 30.3 Å². The molecule has 0 radical (unpaired) electrons. The van der Waals surface area contributed by atoms with E-state index in [1.54, 1.807) is 17.0 Å². The Bertz CT molecular complexity index is 470. The van der Waals surface area contributed by atoms with Crippen molar-refractivity contribution in [1.29, 1.82) is 0 Å². The molecule has 21 heavy (non-hydrogen) atoms. The second-order valence-corrected chi connectivity index (χ2v) is 5.35. The van der Waals surface area contributed by atoms with Crippen molar-refractivity contribution in [2.24, 2.45) is 0 Å². The van der Waals surface area contributed by atoms with Crippen molar-refractivity contribution in [3.05, 3.63) is 35.9 Å². The number of carbonyl (C=O) groups is 2. The molecule has 1 aliphatic rings. The molecule has 5 nitrogen and oxygen atoms in total. The third kappa shape index (κ3) is 4.86. The van der Waals surface area contributed by atoms with E-state index in [0.29, 0.717) is 5.56 Å². The minimum absolute atomic E-state index is 0.0142. The van der Waals surface area contributed by atoms with Crippen LogP contribution in [0.2, 0.25) is 0 Å². The van der Waals surface area contributed by atoms with E-state index in [1.165, 1.54) is 6.42 Å². The minimum atomic E-state index is -0.837. The van der Waals surface area contributed by atoms with Gasteiger partial charge in [-0.1, -0.05) is 30.3 Å². The molecule has 1 unspecified atom stereocenters. The zero-order chi connectivity index (χ0) is 15.1. The summed E-state index contributed by atoms with van der Waals surface area (Å²) in [6.45, 7) is 1.57. The average Bonchev–Trinajstić information content (AvgIpc) is 2.54. The number of aliphatic hydroxyl groups is 1. The third-order valence-electron chi connectivity index (χ3n) is 3.71. The van der Waals surface area contributed by atoms with Crippen molar-refractivity contribution in [2.45, 2.75) is 31.8 Å². The van der Waals surface area contributed by atoms with Gasteiger partial charge < -0.3 is 15.3 Å². The second kappa shape index (κ2) is 7.78. The molecule has 0 aliphatic carbocycles. The van der Waals surface area contributed by atoms with Gasteiger partial charge in [-0.25, -0.2) is 0 Å². The smallest absolute Gasteiger partial charge is 0.241 e. The van der Waals surface area contributed by atoms with E-state index in [0.717, 1.165) is 25.9 Å². The number of aliphatic hydroxyl groups excluding tert-OH is 1. The minimum Gasteiger partial charge on any atom is -0.388 e. The van der Waals surface area contributed by atoms with Crippen LogP contribution in [-0.4, -0.2) is 41.5 Å². The quantitative estimate of drug-likeness (QED) is 0.857. The Balaban J connectivity index is 1.73. The first-order chi connectivity index (χ1) is 10.2. The maximum absolute atomic E-state index is 11.9. The first kappa shape index (κ1) is 15.5. The number of rotatable bonds is 5. The van der Waals surface area contributed by atoms with Crippen molar-refractivity contribution < 1.29 is 14.7 Å². The van der Waals surface area contributed by atoms with Crippen LogP contribution in [0.25, 0.3) is 0 Å². The fourth-order valence-corrected chi connectivity index (χ4v) is 2.47. The molecule has 1 heterocycles. The van der Waals surface area contributed by atoms with E-state index < -0.39 is 6.10 Å². The largest absolute Gasteiger partial charge is 0.388 e. The molecular formula is C16H22N2O3. The normalized spacial score (nSPS) is 16.3. The number of hydrogen-bond donors (Lipinski definition) is 2. The molecule has 2 rings (SSSR count). The molecule has 0 bridgehead atoms. The molecule has 1 aromatic rings. The molecule has 0 aromatic heterocycles. The molecule has 1 saturated heterocycles. The third-order valence-corrected chi connectivity index (χ3v) is 3.71. The zero-order valence-corrected chi connectivity index (χ0v) is 12.1. The molecule has 1 aromatic carbocycles. The van der Waals surface area contributed by atoms with Crippen LogP contribution < -0.4 is 5.32 Å². The molecular weight excluding hydrogens is 268 g/mol. The van der Waals surface area contributed by atoms with Gasteiger partial charge in [0.25, 0.3) is 0 Å². The summed E-state index contributed by atoms with van der Waals surface area (Å²) < 4.78 is 0. The predicted octanol–water partition coefficient (Wildman–Crippen LogP) is 1.24. The Hall–Kier alpha value is -1.88. The molecule has 5 heteroatoms. The lowest BCUT2D eigenvalue weighted by atomic mass is 10.1. The van der Waals surface area contributed by atoms with Crippen LogP contribution in [-0.2, 0) is 9.59 Å². The van der Waals surface area contributed by atoms with E-state index in [1.807, 2.05) is 18.2 Å². The van der Waals surface area contributed by atoms with Crippen molar-refractivity contribution >= 4 is 11.8 Å². The number of piperidine rings is 1. The highest BCUT2D eigenvalue weighted by molar-refractivity contribution is 5.85. The van der Waals surface area contributed by atoms with E-state index in [9.17, 15) is 14.7 Å². The zero-order valence-electron chi connectivity index (χ0n) is 12.1. The van der Waals surface area contributed by atoms with Crippen LogP contribution >= 0.6 is 0 Å². The number of likely N-dealkylation sites (tertiary alicyclic amines) is 1. The van der Waals surface area contributed by atoms with E-state index in [-0.39, 0.29) is 24.8 Å². The maximum atomic E-state index is 11.9. The van der Waals surface area contributed by atoms with Gasteiger partial charge in [0.2, 0.25) is 11.8 Å². The molecule has 0 saturated carbocycles. The van der Waals surface area contributed by atoms with Crippen LogP contribution in [0.1, 0.15) is 37.4 Å². The van der Waals surface area contributed by atoms with Crippen LogP contribution in [0, 0.1) is 0 Å².